The molecule has 1 aromatic carbocycles. The minimum atomic E-state index is -1.14. The SMILES string of the molecule is Cc1csc([C@H]2CCCN2C(=O)c2cc(-c3nnc([C@@](C)(Cc4ccccc4)NC(=O)OC(C)(C)C)o3)[nH]c(=O)c2)n1. The van der Waals surface area contributed by atoms with E-state index >= 15 is 0 Å². The van der Waals surface area contributed by atoms with Crippen LogP contribution < -0.4 is 10.9 Å². The zero-order chi connectivity index (χ0) is 30.1. The lowest BCUT2D eigenvalue weighted by atomic mass is 9.92. The Morgan fingerprint density at radius 3 is 2.62 bits per heavy atom. The molecule has 0 saturated carbocycles. The van der Waals surface area contributed by atoms with E-state index in [2.05, 4.69) is 25.5 Å². The number of benzene rings is 1. The number of likely N-dealkylation sites (tertiary alicyclic amines) is 1. The van der Waals surface area contributed by atoms with E-state index < -0.39 is 22.8 Å². The molecule has 0 spiro atoms. The molecule has 1 fully saturated rings. The Bertz CT molecular complexity index is 1640. The molecule has 5 rings (SSSR count). The van der Waals surface area contributed by atoms with E-state index in [0.717, 1.165) is 29.1 Å². The quantitative estimate of drug-likeness (QED) is 0.301. The molecule has 0 radical (unpaired) electrons. The molecule has 2 N–H and O–H groups in total. The van der Waals surface area contributed by atoms with Crippen LogP contribution in [0.4, 0.5) is 4.79 Å². The average Bonchev–Trinajstić information content (AvgIpc) is 3.68. The van der Waals surface area contributed by atoms with E-state index in [1.807, 2.05) is 42.6 Å². The van der Waals surface area contributed by atoms with E-state index in [-0.39, 0.29) is 35.0 Å². The monoisotopic (exact) mass is 590 g/mol. The fraction of sp³-hybridized carbons (Fsp3) is 0.400. The van der Waals surface area contributed by atoms with Gasteiger partial charge in [0, 0.05) is 35.7 Å². The maximum atomic E-state index is 13.6. The van der Waals surface area contributed by atoms with Crippen LogP contribution in [-0.4, -0.2) is 49.2 Å². The van der Waals surface area contributed by atoms with Crippen LogP contribution in [0.1, 0.15) is 79.1 Å². The van der Waals surface area contributed by atoms with Gasteiger partial charge in [0.05, 0.1) is 6.04 Å². The highest BCUT2D eigenvalue weighted by atomic mass is 32.1. The van der Waals surface area contributed by atoms with Crippen molar-refractivity contribution in [1.82, 2.24) is 30.4 Å². The average molecular weight is 591 g/mol. The first-order valence-electron chi connectivity index (χ1n) is 13.8. The zero-order valence-corrected chi connectivity index (χ0v) is 25.1. The van der Waals surface area contributed by atoms with Crippen LogP contribution in [0.15, 0.2) is 57.1 Å². The van der Waals surface area contributed by atoms with Gasteiger partial charge in [0.2, 0.25) is 11.4 Å². The first kappa shape index (κ1) is 29.2. The number of nitrogens with zero attached hydrogens (tertiary/aromatic N) is 4. The van der Waals surface area contributed by atoms with Gasteiger partial charge in [-0.2, -0.15) is 0 Å². The number of carbonyl (C=O) groups excluding carboxylic acids is 2. The number of pyridine rings is 1. The van der Waals surface area contributed by atoms with Crippen molar-refractivity contribution in [2.24, 2.45) is 0 Å². The molecule has 4 aromatic rings. The standard InChI is InChI=1S/C30H34N6O5S/c1-18-17-42-25(31-18)22-12-9-13-36(22)26(38)20-14-21(32-23(37)15-20)24-34-35-27(40-24)30(5,16-19-10-7-6-8-11-19)33-28(39)41-29(2,3)4/h6-8,10-11,14-15,17,22H,9,12-13,16H2,1-5H3,(H,32,37)(H,33,39)/t22-,30-/m1/s1. The van der Waals surface area contributed by atoms with Crippen molar-refractivity contribution in [1.29, 1.82) is 0 Å². The Hall–Kier alpha value is -4.32. The fourth-order valence-corrected chi connectivity index (χ4v) is 5.94. The van der Waals surface area contributed by atoms with E-state index in [1.165, 1.54) is 17.4 Å². The summed E-state index contributed by atoms with van der Waals surface area (Å²) < 4.78 is 11.5. The number of amides is 2. The molecule has 1 saturated heterocycles. The molecule has 220 valence electrons. The van der Waals surface area contributed by atoms with E-state index in [9.17, 15) is 14.4 Å². The van der Waals surface area contributed by atoms with Gasteiger partial charge in [-0.25, -0.2) is 9.78 Å². The summed E-state index contributed by atoms with van der Waals surface area (Å²) in [5, 5.41) is 14.1. The number of alkyl carbamates (subject to hydrolysis) is 1. The molecule has 4 heterocycles. The molecular formula is C30H34N6O5S. The number of nitrogens with one attached hydrogen (secondary N) is 2. The minimum Gasteiger partial charge on any atom is -0.444 e. The second-order valence-corrected chi connectivity index (χ2v) is 12.6. The maximum Gasteiger partial charge on any atom is 0.408 e. The lowest BCUT2D eigenvalue weighted by molar-refractivity contribution is 0.0443. The Morgan fingerprint density at radius 2 is 1.93 bits per heavy atom. The number of carbonyl (C=O) groups is 2. The van der Waals surface area contributed by atoms with Crippen molar-refractivity contribution in [3.63, 3.8) is 0 Å². The highest BCUT2D eigenvalue weighted by Gasteiger charge is 2.37. The summed E-state index contributed by atoms with van der Waals surface area (Å²) in [6.45, 7) is 9.59. The van der Waals surface area contributed by atoms with Crippen LogP contribution in [0.3, 0.4) is 0 Å². The first-order chi connectivity index (χ1) is 19.9. The summed E-state index contributed by atoms with van der Waals surface area (Å²) in [6.07, 6.45) is 1.35. The molecule has 0 bridgehead atoms. The minimum absolute atomic E-state index is 0.00976. The van der Waals surface area contributed by atoms with Gasteiger partial charge < -0.3 is 24.4 Å². The lowest BCUT2D eigenvalue weighted by Crippen LogP contribution is -2.47. The largest absolute Gasteiger partial charge is 0.444 e. The van der Waals surface area contributed by atoms with Crippen molar-refractivity contribution in [3.8, 4) is 11.6 Å². The smallest absolute Gasteiger partial charge is 0.408 e. The highest BCUT2D eigenvalue weighted by molar-refractivity contribution is 7.09. The van der Waals surface area contributed by atoms with Gasteiger partial charge >= 0.3 is 6.09 Å². The van der Waals surface area contributed by atoms with Crippen LogP contribution >= 0.6 is 11.3 Å². The summed E-state index contributed by atoms with van der Waals surface area (Å²) in [4.78, 5) is 48.1. The van der Waals surface area contributed by atoms with Crippen LogP contribution in [0, 0.1) is 6.92 Å². The number of hydrogen-bond donors (Lipinski definition) is 2. The van der Waals surface area contributed by atoms with Crippen molar-refractivity contribution in [2.45, 2.75) is 71.1 Å². The number of ether oxygens (including phenoxy) is 1. The molecular weight excluding hydrogens is 556 g/mol. The molecule has 11 nitrogen and oxygen atoms in total. The van der Waals surface area contributed by atoms with Gasteiger partial charge in [-0.05, 0) is 59.1 Å². The molecule has 42 heavy (non-hydrogen) atoms. The Morgan fingerprint density at radius 1 is 1.17 bits per heavy atom. The van der Waals surface area contributed by atoms with Crippen LogP contribution in [0.5, 0.6) is 0 Å². The summed E-state index contributed by atoms with van der Waals surface area (Å²) in [7, 11) is 0. The van der Waals surface area contributed by atoms with Crippen LogP contribution in [0.2, 0.25) is 0 Å². The van der Waals surface area contributed by atoms with Crippen LogP contribution in [-0.2, 0) is 16.7 Å². The van der Waals surface area contributed by atoms with Crippen molar-refractivity contribution >= 4 is 23.3 Å². The van der Waals surface area contributed by atoms with Gasteiger partial charge in [-0.15, -0.1) is 21.5 Å². The molecule has 3 aromatic heterocycles. The van der Waals surface area contributed by atoms with Gasteiger partial charge in [0.15, 0.2) is 0 Å². The van der Waals surface area contributed by atoms with E-state index in [4.69, 9.17) is 9.15 Å². The number of aryl methyl sites for hydroxylation is 1. The van der Waals surface area contributed by atoms with Crippen molar-refractivity contribution < 1.29 is 18.7 Å². The summed E-state index contributed by atoms with van der Waals surface area (Å²) in [6, 6.07) is 12.2. The van der Waals surface area contributed by atoms with Crippen LogP contribution in [0.25, 0.3) is 11.6 Å². The maximum absolute atomic E-state index is 13.6. The Kier molecular flexibility index (Phi) is 8.00. The lowest BCUT2D eigenvalue weighted by Gasteiger charge is -2.29. The van der Waals surface area contributed by atoms with E-state index in [0.29, 0.717) is 13.0 Å². The zero-order valence-electron chi connectivity index (χ0n) is 24.3. The predicted molar refractivity (Wildman–Crippen MR) is 157 cm³/mol. The van der Waals surface area contributed by atoms with Gasteiger partial charge in [0.1, 0.15) is 21.8 Å². The predicted octanol–water partition coefficient (Wildman–Crippen LogP) is 5.15. The highest BCUT2D eigenvalue weighted by Crippen LogP contribution is 2.35. The number of aromatic amines is 1. The third-order valence-electron chi connectivity index (χ3n) is 6.83. The number of aromatic nitrogens is 4. The Balaban J connectivity index is 1.44. The third kappa shape index (κ3) is 6.59. The van der Waals surface area contributed by atoms with Gasteiger partial charge in [0.25, 0.3) is 11.8 Å². The molecule has 2 amide bonds. The summed E-state index contributed by atoms with van der Waals surface area (Å²) >= 11 is 1.53. The molecule has 0 aliphatic carbocycles. The molecule has 1 aliphatic heterocycles. The van der Waals surface area contributed by atoms with Crippen molar-refractivity contribution in [3.05, 3.63) is 85.9 Å². The van der Waals surface area contributed by atoms with Crippen molar-refractivity contribution in [2.75, 3.05) is 6.54 Å². The number of H-pyrrole nitrogens is 1. The number of thiazole rings is 1. The molecule has 12 heteroatoms. The van der Waals surface area contributed by atoms with E-state index in [1.54, 1.807) is 38.7 Å². The first-order valence-corrected chi connectivity index (χ1v) is 14.6. The fourth-order valence-electron chi connectivity index (χ4n) is 5.00. The molecule has 0 unspecified atom stereocenters. The van der Waals surface area contributed by atoms with Gasteiger partial charge in [-0.3, -0.25) is 9.59 Å². The molecule has 2 atom stereocenters. The Labute approximate surface area is 247 Å². The summed E-state index contributed by atoms with van der Waals surface area (Å²) in [5.41, 5.74) is -0.0747. The summed E-state index contributed by atoms with van der Waals surface area (Å²) in [5.74, 6) is -0.142. The molecule has 1 aliphatic rings. The topological polar surface area (TPSA) is 143 Å². The second-order valence-electron chi connectivity index (χ2n) is 11.7. The number of rotatable bonds is 7. The second kappa shape index (κ2) is 11.5. The number of hydrogen-bond acceptors (Lipinski definition) is 9. The third-order valence-corrected chi connectivity index (χ3v) is 7.90. The normalized spacial score (nSPS) is 16.7. The van der Waals surface area contributed by atoms with Gasteiger partial charge in [-0.1, -0.05) is 30.3 Å².